The van der Waals surface area contributed by atoms with Crippen LogP contribution in [0.5, 0.6) is 0 Å². The quantitative estimate of drug-likeness (QED) is 0.837. The van der Waals surface area contributed by atoms with Crippen molar-refractivity contribution in [3.05, 3.63) is 23.5 Å². The average Bonchev–Trinajstić information content (AvgIpc) is 2.92. The third-order valence-corrected chi connectivity index (χ3v) is 4.73. The zero-order chi connectivity index (χ0) is 14.3. The molecule has 2 aliphatic heterocycles. The Morgan fingerprint density at radius 3 is 2.75 bits per heavy atom. The molecule has 0 radical (unpaired) electrons. The van der Waals surface area contributed by atoms with Gasteiger partial charge >= 0.3 is 5.97 Å². The average molecular weight is 276 g/mol. The molecule has 4 rings (SSSR count). The van der Waals surface area contributed by atoms with Gasteiger partial charge in [-0.15, -0.1) is 0 Å². The topological polar surface area (TPSA) is 62.4 Å². The van der Waals surface area contributed by atoms with E-state index in [0.29, 0.717) is 11.5 Å². The van der Waals surface area contributed by atoms with Crippen molar-refractivity contribution < 1.29 is 14.3 Å². The number of nitrogens with one attached hydrogen (secondary N) is 1. The molecular formula is C15H20N2O3. The highest BCUT2D eigenvalue weighted by Gasteiger charge is 2.46. The van der Waals surface area contributed by atoms with Crippen LogP contribution in [0.15, 0.2) is 12.4 Å². The van der Waals surface area contributed by atoms with Crippen LogP contribution in [-0.4, -0.2) is 41.5 Å². The Morgan fingerprint density at radius 2 is 2.15 bits per heavy atom. The highest BCUT2D eigenvalue weighted by atomic mass is 16.5. The van der Waals surface area contributed by atoms with Gasteiger partial charge in [0.15, 0.2) is 0 Å². The first-order valence-electron chi connectivity index (χ1n) is 7.14. The first-order valence-corrected chi connectivity index (χ1v) is 7.14. The lowest BCUT2D eigenvalue weighted by Gasteiger charge is -2.48. The predicted octanol–water partition coefficient (Wildman–Crippen LogP) is 1.74. The van der Waals surface area contributed by atoms with Crippen molar-refractivity contribution in [2.45, 2.75) is 32.2 Å². The molecule has 3 heterocycles. The third-order valence-electron chi connectivity index (χ3n) is 4.73. The molecule has 0 spiro atoms. The fraction of sp³-hybridized carbons (Fsp3) is 0.600. The fourth-order valence-corrected chi connectivity index (χ4v) is 3.66. The maximum Gasteiger partial charge on any atom is 0.310 e. The van der Waals surface area contributed by atoms with Gasteiger partial charge in [-0.3, -0.25) is 9.59 Å². The largest absolute Gasteiger partial charge is 0.469 e. The summed E-state index contributed by atoms with van der Waals surface area (Å²) >= 11 is 0. The van der Waals surface area contributed by atoms with Gasteiger partial charge in [-0.1, -0.05) is 0 Å². The summed E-state index contributed by atoms with van der Waals surface area (Å²) < 4.78 is 4.90. The maximum atomic E-state index is 12.7. The predicted molar refractivity (Wildman–Crippen MR) is 73.2 cm³/mol. The lowest BCUT2D eigenvalue weighted by Crippen LogP contribution is -2.57. The Morgan fingerprint density at radius 1 is 1.35 bits per heavy atom. The number of carbonyl (C=O) groups excluding carboxylic acids is 2. The van der Waals surface area contributed by atoms with Crippen LogP contribution in [0.2, 0.25) is 0 Å². The van der Waals surface area contributed by atoms with Gasteiger partial charge in [-0.25, -0.2) is 0 Å². The molecule has 5 nitrogen and oxygen atoms in total. The van der Waals surface area contributed by atoms with Gasteiger partial charge in [-0.2, -0.15) is 0 Å². The molecule has 20 heavy (non-hydrogen) atoms. The minimum absolute atomic E-state index is 0.00532. The fourth-order valence-electron chi connectivity index (χ4n) is 3.66. The zero-order valence-corrected chi connectivity index (χ0v) is 11.9. The Balaban J connectivity index is 1.85. The number of aryl methyl sites for hydroxylation is 1. The Bertz CT molecular complexity index is 537. The number of hydrogen-bond acceptors (Lipinski definition) is 3. The molecule has 1 aliphatic carbocycles. The highest BCUT2D eigenvalue weighted by molar-refractivity contribution is 5.96. The second kappa shape index (κ2) is 4.96. The maximum absolute atomic E-state index is 12.7. The molecule has 1 N–H and O–H groups in total. The third kappa shape index (κ3) is 2.01. The molecule has 1 aromatic heterocycles. The number of hydrogen-bond donors (Lipinski definition) is 1. The number of rotatable bonds is 2. The van der Waals surface area contributed by atoms with Gasteiger partial charge in [0.05, 0.1) is 18.6 Å². The number of aromatic amines is 1. The van der Waals surface area contributed by atoms with Crippen molar-refractivity contribution in [1.82, 2.24) is 9.88 Å². The van der Waals surface area contributed by atoms with Crippen LogP contribution in [0.1, 0.15) is 35.2 Å². The summed E-state index contributed by atoms with van der Waals surface area (Å²) in [4.78, 5) is 29.4. The molecular weight excluding hydrogens is 256 g/mol. The number of piperidine rings is 2. The molecule has 0 aromatic carbocycles. The molecule has 108 valence electrons. The van der Waals surface area contributed by atoms with Gasteiger partial charge < -0.3 is 14.6 Å². The van der Waals surface area contributed by atoms with Crippen LogP contribution in [0.25, 0.3) is 0 Å². The van der Waals surface area contributed by atoms with E-state index in [1.54, 1.807) is 6.20 Å². The van der Waals surface area contributed by atoms with Gasteiger partial charge in [0.25, 0.3) is 5.91 Å². The number of ether oxygens (including phenoxy) is 1. The van der Waals surface area contributed by atoms with Crippen molar-refractivity contribution >= 4 is 11.9 Å². The SMILES string of the molecule is COC(=O)C1CC2CCC1N(C(=O)c1c[nH]cc1C)C2. The lowest BCUT2D eigenvalue weighted by atomic mass is 9.72. The number of nitrogens with zero attached hydrogens (tertiary/aromatic N) is 1. The zero-order valence-electron chi connectivity index (χ0n) is 11.9. The summed E-state index contributed by atoms with van der Waals surface area (Å²) in [5, 5.41) is 0. The molecule has 1 amide bonds. The summed E-state index contributed by atoms with van der Waals surface area (Å²) in [7, 11) is 1.42. The Kier molecular flexibility index (Phi) is 3.28. The van der Waals surface area contributed by atoms with Crippen molar-refractivity contribution in [2.24, 2.45) is 11.8 Å². The van der Waals surface area contributed by atoms with E-state index in [0.717, 1.165) is 31.4 Å². The van der Waals surface area contributed by atoms with Crippen LogP contribution in [-0.2, 0) is 9.53 Å². The van der Waals surface area contributed by atoms with Gasteiger partial charge in [0.2, 0.25) is 0 Å². The van der Waals surface area contributed by atoms with E-state index < -0.39 is 0 Å². The first-order chi connectivity index (χ1) is 9.61. The molecule has 3 fully saturated rings. The van der Waals surface area contributed by atoms with Crippen molar-refractivity contribution in [3.8, 4) is 0 Å². The molecule has 5 heteroatoms. The summed E-state index contributed by atoms with van der Waals surface area (Å²) in [5.74, 6) is 0.123. The summed E-state index contributed by atoms with van der Waals surface area (Å²) in [6.07, 6.45) is 6.43. The minimum Gasteiger partial charge on any atom is -0.469 e. The number of carbonyl (C=O) groups is 2. The molecule has 2 saturated heterocycles. The Hall–Kier alpha value is -1.78. The summed E-state index contributed by atoms with van der Waals surface area (Å²) in [5.41, 5.74) is 1.66. The van der Waals surface area contributed by atoms with Gasteiger partial charge in [0.1, 0.15) is 0 Å². The number of methoxy groups -OCH3 is 1. The van der Waals surface area contributed by atoms with Gasteiger partial charge in [-0.05, 0) is 37.7 Å². The van der Waals surface area contributed by atoms with Gasteiger partial charge in [0, 0.05) is 25.0 Å². The summed E-state index contributed by atoms with van der Waals surface area (Å²) in [6, 6.07) is -0.00532. The van der Waals surface area contributed by atoms with Crippen molar-refractivity contribution in [3.63, 3.8) is 0 Å². The van der Waals surface area contributed by atoms with E-state index in [2.05, 4.69) is 4.98 Å². The van der Waals surface area contributed by atoms with Crippen molar-refractivity contribution in [2.75, 3.05) is 13.7 Å². The lowest BCUT2D eigenvalue weighted by molar-refractivity contribution is -0.152. The molecule has 3 unspecified atom stereocenters. The minimum atomic E-state index is -0.178. The van der Waals surface area contributed by atoms with Crippen LogP contribution in [0, 0.1) is 18.8 Å². The van der Waals surface area contributed by atoms with E-state index in [1.807, 2.05) is 18.0 Å². The normalized spacial score (nSPS) is 28.5. The molecule has 2 bridgehead atoms. The number of amides is 1. The number of esters is 1. The second-order valence-corrected chi connectivity index (χ2v) is 5.89. The molecule has 1 aromatic rings. The Labute approximate surface area is 118 Å². The van der Waals surface area contributed by atoms with Crippen molar-refractivity contribution in [1.29, 1.82) is 0 Å². The van der Waals surface area contributed by atoms with Crippen LogP contribution in [0.3, 0.4) is 0 Å². The molecule has 3 aliphatic rings. The van der Waals surface area contributed by atoms with E-state index in [-0.39, 0.29) is 23.8 Å². The summed E-state index contributed by atoms with van der Waals surface area (Å²) in [6.45, 7) is 2.69. The van der Waals surface area contributed by atoms with E-state index in [1.165, 1.54) is 7.11 Å². The second-order valence-electron chi connectivity index (χ2n) is 5.89. The van der Waals surface area contributed by atoms with E-state index in [4.69, 9.17) is 4.74 Å². The van der Waals surface area contributed by atoms with Crippen LogP contribution < -0.4 is 0 Å². The van der Waals surface area contributed by atoms with Crippen LogP contribution >= 0.6 is 0 Å². The molecule has 3 atom stereocenters. The number of aromatic nitrogens is 1. The highest BCUT2D eigenvalue weighted by Crippen LogP contribution is 2.40. The number of H-pyrrole nitrogens is 1. The first kappa shape index (κ1) is 13.2. The smallest absolute Gasteiger partial charge is 0.310 e. The molecule has 1 saturated carbocycles. The van der Waals surface area contributed by atoms with Crippen LogP contribution in [0.4, 0.5) is 0 Å². The monoisotopic (exact) mass is 276 g/mol. The number of fused-ring (bicyclic) bond motifs is 3. The van der Waals surface area contributed by atoms with E-state index >= 15 is 0 Å². The van der Waals surface area contributed by atoms with E-state index in [9.17, 15) is 9.59 Å². The standard InChI is InChI=1S/C15H20N2O3/c1-9-6-16-7-12(9)14(18)17-8-10-3-4-13(17)11(5-10)15(19)20-2/h6-7,10-11,13,16H,3-5,8H2,1-2H3.